The first kappa shape index (κ1) is 23.7. The van der Waals surface area contributed by atoms with Crippen LogP contribution < -0.4 is 25.6 Å². The van der Waals surface area contributed by atoms with E-state index in [0.717, 1.165) is 37.2 Å². The molecular formula is C24H27FN8O3. The van der Waals surface area contributed by atoms with E-state index in [2.05, 4.69) is 40.7 Å². The number of morpholine rings is 1. The Kier molecular flexibility index (Phi) is 6.78. The molecule has 2 aliphatic heterocycles. The number of amides is 1. The van der Waals surface area contributed by atoms with Crippen LogP contribution in [0.15, 0.2) is 42.6 Å². The summed E-state index contributed by atoms with van der Waals surface area (Å²) >= 11 is 0. The fourth-order valence-electron chi connectivity index (χ4n) is 4.03. The van der Waals surface area contributed by atoms with Crippen LogP contribution >= 0.6 is 0 Å². The predicted octanol–water partition coefficient (Wildman–Crippen LogP) is 2.60. The summed E-state index contributed by atoms with van der Waals surface area (Å²) in [7, 11) is 4.08. The number of anilines is 6. The van der Waals surface area contributed by atoms with Crippen molar-refractivity contribution in [1.29, 1.82) is 0 Å². The van der Waals surface area contributed by atoms with Crippen LogP contribution in [0.3, 0.4) is 0 Å². The van der Waals surface area contributed by atoms with Crippen molar-refractivity contribution in [3.05, 3.63) is 48.4 Å². The summed E-state index contributed by atoms with van der Waals surface area (Å²) in [6, 6.07) is 11.2. The van der Waals surface area contributed by atoms with E-state index in [-0.39, 0.29) is 36.2 Å². The molecule has 0 saturated carbocycles. The van der Waals surface area contributed by atoms with Crippen molar-refractivity contribution >= 4 is 40.7 Å². The number of hydrogen-bond acceptors (Lipinski definition) is 10. The maximum Gasteiger partial charge on any atom is 0.263 e. The Balaban J connectivity index is 1.25. The van der Waals surface area contributed by atoms with Crippen molar-refractivity contribution in [3.63, 3.8) is 0 Å². The van der Waals surface area contributed by atoms with Crippen LogP contribution in [0.25, 0.3) is 0 Å². The van der Waals surface area contributed by atoms with Gasteiger partial charge in [0.25, 0.3) is 5.91 Å². The molecule has 0 radical (unpaired) electrons. The molecule has 36 heavy (non-hydrogen) atoms. The second kappa shape index (κ2) is 10.3. The number of hydrogen-bond donors (Lipinski definition) is 3. The Morgan fingerprint density at radius 3 is 2.81 bits per heavy atom. The van der Waals surface area contributed by atoms with Crippen molar-refractivity contribution in [3.8, 4) is 5.75 Å². The number of rotatable bonds is 7. The molecule has 3 N–H and O–H groups in total. The lowest BCUT2D eigenvalue weighted by molar-refractivity contribution is -0.118. The number of nitrogens with zero attached hydrogens (tertiary/aromatic N) is 5. The molecular weight excluding hydrogens is 467 g/mol. The quantitative estimate of drug-likeness (QED) is 0.453. The van der Waals surface area contributed by atoms with Gasteiger partial charge in [-0.05, 0) is 50.5 Å². The molecule has 188 valence electrons. The summed E-state index contributed by atoms with van der Waals surface area (Å²) in [5.74, 6) is 0.219. The first-order chi connectivity index (χ1) is 17.4. The SMILES string of the molecule is CN(C)CC1CN(c2ccc(Nc3ncc(F)c(Nc4ccc5c(n4)NC(=O)CO5)n3)cc2)CCO1. The van der Waals surface area contributed by atoms with Gasteiger partial charge < -0.3 is 35.2 Å². The topological polar surface area (TPSA) is 117 Å². The van der Waals surface area contributed by atoms with Gasteiger partial charge in [-0.15, -0.1) is 0 Å². The minimum Gasteiger partial charge on any atom is -0.480 e. The predicted molar refractivity (Wildman–Crippen MR) is 134 cm³/mol. The Labute approximate surface area is 207 Å². The van der Waals surface area contributed by atoms with Gasteiger partial charge in [0.1, 0.15) is 5.82 Å². The Morgan fingerprint density at radius 2 is 2.00 bits per heavy atom. The molecule has 1 saturated heterocycles. The van der Waals surface area contributed by atoms with E-state index in [4.69, 9.17) is 9.47 Å². The van der Waals surface area contributed by atoms with Gasteiger partial charge in [0, 0.05) is 31.0 Å². The number of likely N-dealkylation sites (N-methyl/N-ethyl adjacent to an activating group) is 1. The average Bonchev–Trinajstić information content (AvgIpc) is 2.86. The number of benzene rings is 1. The second-order valence-corrected chi connectivity index (χ2v) is 8.77. The van der Waals surface area contributed by atoms with Gasteiger partial charge >= 0.3 is 0 Å². The van der Waals surface area contributed by atoms with Crippen LogP contribution in [-0.4, -0.2) is 78.8 Å². The maximum atomic E-state index is 14.4. The summed E-state index contributed by atoms with van der Waals surface area (Å²) < 4.78 is 25.6. The van der Waals surface area contributed by atoms with Gasteiger partial charge in [0.2, 0.25) is 5.95 Å². The minimum absolute atomic E-state index is 0.0557. The molecule has 1 amide bonds. The molecule has 12 heteroatoms. The molecule has 1 aromatic carbocycles. The zero-order valence-electron chi connectivity index (χ0n) is 20.0. The highest BCUT2D eigenvalue weighted by molar-refractivity contribution is 5.94. The summed E-state index contributed by atoms with van der Waals surface area (Å²) in [6.45, 7) is 3.16. The average molecular weight is 495 g/mol. The van der Waals surface area contributed by atoms with Crippen LogP contribution in [0.5, 0.6) is 5.75 Å². The number of ether oxygens (including phenoxy) is 2. The monoisotopic (exact) mass is 494 g/mol. The molecule has 0 aliphatic carbocycles. The number of carbonyl (C=O) groups excluding carboxylic acids is 1. The summed E-state index contributed by atoms with van der Waals surface area (Å²) in [5.41, 5.74) is 1.87. The fourth-order valence-corrected chi connectivity index (χ4v) is 4.03. The normalized spacial score (nSPS) is 17.3. The summed E-state index contributed by atoms with van der Waals surface area (Å²) in [5, 5.41) is 8.55. The largest absolute Gasteiger partial charge is 0.480 e. The minimum atomic E-state index is -0.643. The standard InChI is InChI=1S/C24H27FN8O3/c1-32(2)12-17-13-33(9-10-35-17)16-5-3-15(4-6-16)27-24-26-11-18(25)22(31-24)28-20-8-7-19-23(29-20)30-21(34)14-36-19/h3-8,11,17H,9-10,12-14H2,1-2H3,(H3,26,27,28,29,30,31,34). The zero-order chi connectivity index (χ0) is 25.1. The van der Waals surface area contributed by atoms with Crippen LogP contribution in [0.1, 0.15) is 0 Å². The number of fused-ring (bicyclic) bond motifs is 1. The first-order valence-electron chi connectivity index (χ1n) is 11.5. The third-order valence-corrected chi connectivity index (χ3v) is 5.66. The zero-order valence-corrected chi connectivity index (χ0v) is 20.0. The molecule has 5 rings (SSSR count). The number of pyridine rings is 1. The molecule has 0 bridgehead atoms. The van der Waals surface area contributed by atoms with Crippen molar-refractivity contribution < 1.29 is 18.7 Å². The van der Waals surface area contributed by atoms with Crippen LogP contribution in [0.4, 0.5) is 39.2 Å². The van der Waals surface area contributed by atoms with E-state index in [9.17, 15) is 9.18 Å². The van der Waals surface area contributed by atoms with E-state index < -0.39 is 5.82 Å². The fraction of sp³-hybridized carbons (Fsp3) is 0.333. The number of aromatic nitrogens is 3. The Bertz CT molecular complexity index is 1240. The third kappa shape index (κ3) is 5.61. The highest BCUT2D eigenvalue weighted by Crippen LogP contribution is 2.29. The van der Waals surface area contributed by atoms with Crippen molar-refractivity contribution in [2.75, 3.05) is 67.8 Å². The molecule has 3 aromatic rings. The maximum absolute atomic E-state index is 14.4. The van der Waals surface area contributed by atoms with Gasteiger partial charge in [-0.3, -0.25) is 4.79 Å². The smallest absolute Gasteiger partial charge is 0.263 e. The van der Waals surface area contributed by atoms with Crippen molar-refractivity contribution in [2.45, 2.75) is 6.10 Å². The molecule has 1 fully saturated rings. The molecule has 1 unspecified atom stereocenters. The van der Waals surface area contributed by atoms with Gasteiger partial charge in [-0.2, -0.15) is 4.98 Å². The highest BCUT2D eigenvalue weighted by Gasteiger charge is 2.21. The molecule has 2 aromatic heterocycles. The number of carbonyl (C=O) groups is 1. The van der Waals surface area contributed by atoms with E-state index in [1.165, 1.54) is 0 Å². The van der Waals surface area contributed by atoms with Gasteiger partial charge in [-0.1, -0.05) is 0 Å². The Hall–Kier alpha value is -4.03. The second-order valence-electron chi connectivity index (χ2n) is 8.77. The van der Waals surface area contributed by atoms with Gasteiger partial charge in [0.05, 0.1) is 18.9 Å². The van der Waals surface area contributed by atoms with Crippen LogP contribution in [-0.2, 0) is 9.53 Å². The lowest BCUT2D eigenvalue weighted by Crippen LogP contribution is -2.46. The van der Waals surface area contributed by atoms with Gasteiger partial charge in [0.15, 0.2) is 29.8 Å². The molecule has 1 atom stereocenters. The van der Waals surface area contributed by atoms with E-state index in [0.29, 0.717) is 18.2 Å². The number of halogens is 1. The summed E-state index contributed by atoms with van der Waals surface area (Å²) in [6.07, 6.45) is 1.24. The van der Waals surface area contributed by atoms with E-state index in [1.807, 2.05) is 38.4 Å². The van der Waals surface area contributed by atoms with Crippen LogP contribution in [0, 0.1) is 5.82 Å². The third-order valence-electron chi connectivity index (χ3n) is 5.66. The van der Waals surface area contributed by atoms with Crippen molar-refractivity contribution in [2.24, 2.45) is 0 Å². The first-order valence-corrected chi connectivity index (χ1v) is 11.5. The van der Waals surface area contributed by atoms with Crippen LogP contribution in [0.2, 0.25) is 0 Å². The van der Waals surface area contributed by atoms with E-state index >= 15 is 0 Å². The number of nitrogens with one attached hydrogen (secondary N) is 3. The molecule has 11 nitrogen and oxygen atoms in total. The summed E-state index contributed by atoms with van der Waals surface area (Å²) in [4.78, 5) is 28.5. The van der Waals surface area contributed by atoms with Gasteiger partial charge in [-0.25, -0.2) is 14.4 Å². The highest BCUT2D eigenvalue weighted by atomic mass is 19.1. The lowest BCUT2D eigenvalue weighted by atomic mass is 10.2. The molecule has 2 aliphatic rings. The molecule has 4 heterocycles. The lowest BCUT2D eigenvalue weighted by Gasteiger charge is -2.35. The van der Waals surface area contributed by atoms with E-state index in [1.54, 1.807) is 12.1 Å². The van der Waals surface area contributed by atoms with Crippen molar-refractivity contribution in [1.82, 2.24) is 19.9 Å². The molecule has 0 spiro atoms. The Morgan fingerprint density at radius 1 is 1.17 bits per heavy atom.